The van der Waals surface area contributed by atoms with Gasteiger partial charge in [0.15, 0.2) is 0 Å². The zero-order valence-corrected chi connectivity index (χ0v) is 16.2. The van der Waals surface area contributed by atoms with Crippen molar-refractivity contribution < 1.29 is 14.3 Å². The first-order valence-corrected chi connectivity index (χ1v) is 9.01. The van der Waals surface area contributed by atoms with E-state index in [1.54, 1.807) is 25.4 Å². The van der Waals surface area contributed by atoms with Crippen LogP contribution in [0.1, 0.15) is 31.9 Å². The van der Waals surface area contributed by atoms with Gasteiger partial charge in [0.1, 0.15) is 17.5 Å². The molecule has 0 saturated heterocycles. The van der Waals surface area contributed by atoms with Crippen molar-refractivity contribution in [2.45, 2.75) is 45.4 Å². The number of nitrogens with zero attached hydrogens (tertiary/aromatic N) is 3. The van der Waals surface area contributed by atoms with Gasteiger partial charge in [-0.15, -0.1) is 0 Å². The number of ether oxygens (including phenoxy) is 1. The van der Waals surface area contributed by atoms with E-state index in [1.807, 2.05) is 51.1 Å². The summed E-state index contributed by atoms with van der Waals surface area (Å²) in [5, 5.41) is 0. The average Bonchev–Trinajstić information content (AvgIpc) is 2.65. The minimum Gasteiger partial charge on any atom is -0.444 e. The normalized spacial score (nSPS) is 16.4. The number of aromatic nitrogens is 1. The third kappa shape index (κ3) is 4.27. The molecule has 0 aliphatic carbocycles. The van der Waals surface area contributed by atoms with E-state index in [4.69, 9.17) is 4.74 Å². The Bertz CT molecular complexity index is 830. The molecule has 1 aromatic heterocycles. The van der Waals surface area contributed by atoms with Gasteiger partial charge in [0.2, 0.25) is 0 Å². The number of amides is 2. The van der Waals surface area contributed by atoms with Crippen LogP contribution in [-0.4, -0.2) is 40.6 Å². The van der Waals surface area contributed by atoms with Crippen LogP contribution in [0.3, 0.4) is 0 Å². The molecule has 6 heteroatoms. The topological polar surface area (TPSA) is 62.7 Å². The fourth-order valence-corrected chi connectivity index (χ4v) is 3.14. The van der Waals surface area contributed by atoms with E-state index >= 15 is 0 Å². The van der Waals surface area contributed by atoms with E-state index in [1.165, 1.54) is 9.80 Å². The molecule has 1 aromatic carbocycles. The maximum absolute atomic E-state index is 13.2. The Balaban J connectivity index is 1.91. The monoisotopic (exact) mass is 367 g/mol. The molecular formula is C21H25N3O3. The van der Waals surface area contributed by atoms with Crippen LogP contribution in [-0.2, 0) is 22.5 Å². The molecule has 0 spiro atoms. The quantitative estimate of drug-likeness (QED) is 0.816. The number of pyridine rings is 1. The molecular weight excluding hydrogens is 342 g/mol. The van der Waals surface area contributed by atoms with Crippen molar-refractivity contribution in [3.05, 3.63) is 59.8 Å². The summed E-state index contributed by atoms with van der Waals surface area (Å²) in [7, 11) is 1.68. The average molecular weight is 367 g/mol. The lowest BCUT2D eigenvalue weighted by Gasteiger charge is -2.38. The number of hydrogen-bond donors (Lipinski definition) is 0. The highest BCUT2D eigenvalue weighted by Gasteiger charge is 2.38. The van der Waals surface area contributed by atoms with Crippen LogP contribution in [0.15, 0.2) is 48.7 Å². The lowest BCUT2D eigenvalue weighted by Crippen LogP contribution is -2.54. The number of likely N-dealkylation sites (N-methyl/N-ethyl adjacent to an activating group) is 1. The van der Waals surface area contributed by atoms with E-state index in [-0.39, 0.29) is 5.91 Å². The summed E-state index contributed by atoms with van der Waals surface area (Å²) in [5.74, 6) is 0.361. The Morgan fingerprint density at radius 3 is 2.41 bits per heavy atom. The predicted octanol–water partition coefficient (Wildman–Crippen LogP) is 3.41. The van der Waals surface area contributed by atoms with Crippen LogP contribution in [0, 0.1) is 0 Å². The van der Waals surface area contributed by atoms with Gasteiger partial charge in [0, 0.05) is 19.7 Å². The van der Waals surface area contributed by atoms with Gasteiger partial charge in [0.05, 0.1) is 6.54 Å². The van der Waals surface area contributed by atoms with Gasteiger partial charge in [-0.05, 0) is 44.0 Å². The van der Waals surface area contributed by atoms with Crippen molar-refractivity contribution in [3.63, 3.8) is 0 Å². The molecule has 1 unspecified atom stereocenters. The van der Waals surface area contributed by atoms with E-state index in [9.17, 15) is 9.59 Å². The maximum atomic E-state index is 13.2. The van der Waals surface area contributed by atoms with Crippen molar-refractivity contribution in [1.29, 1.82) is 0 Å². The number of carbonyl (C=O) groups is 2. The zero-order valence-electron chi connectivity index (χ0n) is 16.2. The lowest BCUT2D eigenvalue weighted by molar-refractivity contribution is -0.124. The van der Waals surface area contributed by atoms with Crippen molar-refractivity contribution in [2.24, 2.45) is 0 Å². The van der Waals surface area contributed by atoms with Gasteiger partial charge in [-0.2, -0.15) is 0 Å². The molecule has 0 radical (unpaired) electrons. The molecule has 1 aliphatic rings. The molecule has 0 fully saturated rings. The van der Waals surface area contributed by atoms with Crippen LogP contribution in [0.2, 0.25) is 0 Å². The number of benzene rings is 1. The standard InChI is InChI=1S/C21H25N3O3/c1-21(2,3)27-20(26)24-14-16-10-6-5-9-15(16)13-17(24)19(25)23(4)18-11-7-8-12-22-18/h5-12,17H,13-14H2,1-4H3. The molecule has 0 N–H and O–H groups in total. The van der Waals surface area contributed by atoms with Crippen LogP contribution in [0.25, 0.3) is 0 Å². The second kappa shape index (κ2) is 7.39. The summed E-state index contributed by atoms with van der Waals surface area (Å²) >= 11 is 0. The second-order valence-corrected chi connectivity index (χ2v) is 7.68. The maximum Gasteiger partial charge on any atom is 0.411 e. The number of fused-ring (bicyclic) bond motifs is 1. The Labute approximate surface area is 159 Å². The molecule has 0 saturated carbocycles. The second-order valence-electron chi connectivity index (χ2n) is 7.68. The molecule has 1 aliphatic heterocycles. The van der Waals surface area contributed by atoms with E-state index < -0.39 is 17.7 Å². The van der Waals surface area contributed by atoms with Gasteiger partial charge in [-0.3, -0.25) is 14.6 Å². The summed E-state index contributed by atoms with van der Waals surface area (Å²) in [4.78, 5) is 33.3. The minimum absolute atomic E-state index is 0.186. The highest BCUT2D eigenvalue weighted by atomic mass is 16.6. The summed E-state index contributed by atoms with van der Waals surface area (Å²) in [5.41, 5.74) is 1.48. The molecule has 3 rings (SSSR count). The van der Waals surface area contributed by atoms with E-state index in [2.05, 4.69) is 4.98 Å². The van der Waals surface area contributed by atoms with Crippen LogP contribution < -0.4 is 4.90 Å². The molecule has 0 bridgehead atoms. The van der Waals surface area contributed by atoms with Gasteiger partial charge >= 0.3 is 6.09 Å². The number of hydrogen-bond acceptors (Lipinski definition) is 4. The SMILES string of the molecule is CN(C(=O)C1Cc2ccccc2CN1C(=O)OC(C)(C)C)c1ccccn1. The van der Waals surface area contributed by atoms with Crippen LogP contribution in [0.5, 0.6) is 0 Å². The first kappa shape index (κ1) is 18.9. The molecule has 142 valence electrons. The third-order valence-corrected chi connectivity index (χ3v) is 4.49. The highest BCUT2D eigenvalue weighted by molar-refractivity contribution is 5.98. The number of anilines is 1. The van der Waals surface area contributed by atoms with Gasteiger partial charge in [-0.25, -0.2) is 9.78 Å². The fraction of sp³-hybridized carbons (Fsp3) is 0.381. The Morgan fingerprint density at radius 2 is 1.78 bits per heavy atom. The van der Waals surface area contributed by atoms with Gasteiger partial charge in [0.25, 0.3) is 5.91 Å². The van der Waals surface area contributed by atoms with Crippen molar-refractivity contribution in [3.8, 4) is 0 Å². The minimum atomic E-state index is -0.637. The van der Waals surface area contributed by atoms with E-state index in [0.717, 1.165) is 11.1 Å². The summed E-state index contributed by atoms with van der Waals surface area (Å²) in [6.45, 7) is 5.80. The largest absolute Gasteiger partial charge is 0.444 e. The molecule has 1 atom stereocenters. The van der Waals surface area contributed by atoms with Crippen molar-refractivity contribution in [2.75, 3.05) is 11.9 Å². The summed E-state index contributed by atoms with van der Waals surface area (Å²) in [6, 6.07) is 12.6. The van der Waals surface area contributed by atoms with E-state index in [0.29, 0.717) is 18.8 Å². The van der Waals surface area contributed by atoms with Crippen LogP contribution in [0.4, 0.5) is 10.6 Å². The van der Waals surface area contributed by atoms with Gasteiger partial charge in [-0.1, -0.05) is 30.3 Å². The summed E-state index contributed by atoms with van der Waals surface area (Å²) < 4.78 is 5.56. The Kier molecular flexibility index (Phi) is 5.17. The first-order valence-electron chi connectivity index (χ1n) is 9.01. The third-order valence-electron chi connectivity index (χ3n) is 4.49. The smallest absolute Gasteiger partial charge is 0.411 e. The lowest BCUT2D eigenvalue weighted by atomic mass is 9.93. The Morgan fingerprint density at radius 1 is 1.11 bits per heavy atom. The molecule has 27 heavy (non-hydrogen) atoms. The zero-order chi connectivity index (χ0) is 19.6. The van der Waals surface area contributed by atoms with Crippen LogP contribution >= 0.6 is 0 Å². The first-order chi connectivity index (χ1) is 12.8. The Hall–Kier alpha value is -2.89. The summed E-state index contributed by atoms with van der Waals surface area (Å²) in [6.07, 6.45) is 1.61. The molecule has 2 heterocycles. The highest BCUT2D eigenvalue weighted by Crippen LogP contribution is 2.27. The van der Waals surface area contributed by atoms with Crippen molar-refractivity contribution >= 4 is 17.8 Å². The molecule has 2 aromatic rings. The number of carbonyl (C=O) groups excluding carboxylic acids is 2. The predicted molar refractivity (Wildman–Crippen MR) is 103 cm³/mol. The molecule has 6 nitrogen and oxygen atoms in total. The fourth-order valence-electron chi connectivity index (χ4n) is 3.14. The van der Waals surface area contributed by atoms with Gasteiger partial charge < -0.3 is 4.74 Å². The van der Waals surface area contributed by atoms with Crippen molar-refractivity contribution in [1.82, 2.24) is 9.88 Å². The number of rotatable bonds is 2. The molecule has 2 amide bonds.